The van der Waals surface area contributed by atoms with Gasteiger partial charge in [-0.25, -0.2) is 10.3 Å². The van der Waals surface area contributed by atoms with Crippen LogP contribution in [0.2, 0.25) is 0 Å². The Labute approximate surface area is 101 Å². The summed E-state index contributed by atoms with van der Waals surface area (Å²) in [5.74, 6) is 0.853. The van der Waals surface area contributed by atoms with E-state index in [1.807, 2.05) is 24.3 Å². The summed E-state index contributed by atoms with van der Waals surface area (Å²) in [5.41, 5.74) is 3.41. The van der Waals surface area contributed by atoms with E-state index in [0.29, 0.717) is 6.54 Å². The maximum atomic E-state index is 11.0. The summed E-state index contributed by atoms with van der Waals surface area (Å²) in [6.07, 6.45) is 1.79. The van der Waals surface area contributed by atoms with E-state index in [-0.39, 0.29) is 6.03 Å². The van der Waals surface area contributed by atoms with Gasteiger partial charge in [0, 0.05) is 6.54 Å². The van der Waals surface area contributed by atoms with Gasteiger partial charge in [-0.05, 0) is 30.5 Å². The topological polar surface area (TPSA) is 59.6 Å². The lowest BCUT2D eigenvalue weighted by Gasteiger charge is -2.06. The summed E-state index contributed by atoms with van der Waals surface area (Å²) >= 11 is 0. The van der Waals surface area contributed by atoms with Gasteiger partial charge in [0.1, 0.15) is 5.75 Å². The van der Waals surface area contributed by atoms with Crippen LogP contribution in [0.4, 0.5) is 4.79 Å². The number of hydrogen-bond acceptors (Lipinski definition) is 3. The molecule has 1 aromatic carbocycles. The minimum atomic E-state index is -0.317. The van der Waals surface area contributed by atoms with Gasteiger partial charge < -0.3 is 10.1 Å². The largest absolute Gasteiger partial charge is 0.497 e. The highest BCUT2D eigenvalue weighted by atomic mass is 16.6. The molecule has 1 rings (SSSR count). The maximum Gasteiger partial charge on any atom is 0.338 e. The first kappa shape index (κ1) is 13.3. The number of rotatable bonds is 6. The molecule has 94 valence electrons. The average molecular weight is 238 g/mol. The van der Waals surface area contributed by atoms with Gasteiger partial charge in [0.2, 0.25) is 0 Å². The van der Waals surface area contributed by atoms with Crippen LogP contribution in [-0.2, 0) is 11.3 Å². The number of carbonyl (C=O) groups excluding carboxylic acids is 1. The number of nitrogens with one attached hydrogen (secondary N) is 2. The van der Waals surface area contributed by atoms with Crippen LogP contribution in [0.25, 0.3) is 0 Å². The molecule has 0 heterocycles. The number of hydrogen-bond donors (Lipinski definition) is 2. The Hall–Kier alpha value is -1.75. The van der Waals surface area contributed by atoms with Crippen LogP contribution >= 0.6 is 0 Å². The predicted octanol–water partition coefficient (Wildman–Crippen LogP) is 1.49. The molecule has 5 nitrogen and oxygen atoms in total. The lowest BCUT2D eigenvalue weighted by Crippen LogP contribution is -2.35. The third kappa shape index (κ3) is 5.21. The van der Waals surface area contributed by atoms with Gasteiger partial charge in [-0.1, -0.05) is 12.1 Å². The first-order valence-corrected chi connectivity index (χ1v) is 5.46. The summed E-state index contributed by atoms with van der Waals surface area (Å²) in [7, 11) is 3.05. The molecular formula is C12H18N2O3. The second kappa shape index (κ2) is 7.51. The number of methoxy groups -OCH3 is 1. The summed E-state index contributed by atoms with van der Waals surface area (Å²) in [5, 5.41) is 2.68. The Morgan fingerprint density at radius 3 is 2.53 bits per heavy atom. The molecule has 2 amide bonds. The van der Waals surface area contributed by atoms with E-state index in [2.05, 4.69) is 15.6 Å². The lowest BCUT2D eigenvalue weighted by molar-refractivity contribution is 0.107. The molecular weight excluding hydrogens is 220 g/mol. The summed E-state index contributed by atoms with van der Waals surface area (Å²) in [6, 6.07) is 7.59. The van der Waals surface area contributed by atoms with Crippen molar-refractivity contribution < 1.29 is 14.4 Å². The van der Waals surface area contributed by atoms with Crippen molar-refractivity contribution in [3.63, 3.8) is 0 Å². The second-order valence-electron chi connectivity index (χ2n) is 3.51. The Morgan fingerprint density at radius 2 is 1.94 bits per heavy atom. The normalized spacial score (nSPS) is 9.76. The standard InChI is InChI=1S/C12H18N2O3/c1-16-11-7-5-10(6-8-11)4-3-9-13-12(15)14-17-2/h5-8H,3-4,9H2,1-2H3,(H2,13,14,15). The van der Waals surface area contributed by atoms with Gasteiger partial charge in [-0.15, -0.1) is 0 Å². The number of benzene rings is 1. The number of urea groups is 1. The van der Waals surface area contributed by atoms with E-state index in [1.54, 1.807) is 7.11 Å². The van der Waals surface area contributed by atoms with E-state index < -0.39 is 0 Å². The molecule has 0 unspecified atom stereocenters. The fraction of sp³-hybridized carbons (Fsp3) is 0.417. The van der Waals surface area contributed by atoms with E-state index in [4.69, 9.17) is 4.74 Å². The van der Waals surface area contributed by atoms with E-state index >= 15 is 0 Å². The quantitative estimate of drug-likeness (QED) is 0.583. The van der Waals surface area contributed by atoms with Gasteiger partial charge in [-0.2, -0.15) is 0 Å². The number of aryl methyl sites for hydroxylation is 1. The first-order valence-electron chi connectivity index (χ1n) is 5.46. The van der Waals surface area contributed by atoms with Crippen LogP contribution in [-0.4, -0.2) is 26.8 Å². The van der Waals surface area contributed by atoms with Crippen LogP contribution < -0.4 is 15.5 Å². The second-order valence-corrected chi connectivity index (χ2v) is 3.51. The first-order chi connectivity index (χ1) is 8.26. The molecule has 0 aromatic heterocycles. The zero-order valence-corrected chi connectivity index (χ0v) is 10.2. The Balaban J connectivity index is 2.19. The van der Waals surface area contributed by atoms with E-state index in [9.17, 15) is 4.79 Å². The highest BCUT2D eigenvalue weighted by molar-refractivity contribution is 5.72. The molecule has 0 spiro atoms. The van der Waals surface area contributed by atoms with E-state index in [1.165, 1.54) is 12.7 Å². The molecule has 1 aromatic rings. The van der Waals surface area contributed by atoms with E-state index in [0.717, 1.165) is 18.6 Å². The third-order valence-corrected chi connectivity index (χ3v) is 2.28. The molecule has 0 aliphatic heterocycles. The lowest BCUT2D eigenvalue weighted by atomic mass is 10.1. The Bertz CT molecular complexity index is 338. The summed E-state index contributed by atoms with van der Waals surface area (Å²) in [4.78, 5) is 15.4. The summed E-state index contributed by atoms with van der Waals surface area (Å²) in [6.45, 7) is 0.612. The number of hydroxylamine groups is 1. The monoisotopic (exact) mass is 238 g/mol. The zero-order chi connectivity index (χ0) is 12.5. The minimum Gasteiger partial charge on any atom is -0.497 e. The minimum absolute atomic E-state index is 0.317. The van der Waals surface area contributed by atoms with Crippen LogP contribution in [0, 0.1) is 0 Å². The van der Waals surface area contributed by atoms with Crippen molar-refractivity contribution in [2.24, 2.45) is 0 Å². The fourth-order valence-corrected chi connectivity index (χ4v) is 1.42. The number of carbonyl (C=O) groups is 1. The molecule has 2 N–H and O–H groups in total. The van der Waals surface area contributed by atoms with Crippen molar-refractivity contribution in [1.29, 1.82) is 0 Å². The van der Waals surface area contributed by atoms with Crippen molar-refractivity contribution in [2.45, 2.75) is 12.8 Å². The highest BCUT2D eigenvalue weighted by Gasteiger charge is 1.98. The molecule has 0 saturated carbocycles. The van der Waals surface area contributed by atoms with Crippen molar-refractivity contribution >= 4 is 6.03 Å². The van der Waals surface area contributed by atoms with Crippen LogP contribution in [0.15, 0.2) is 24.3 Å². The van der Waals surface area contributed by atoms with Crippen LogP contribution in [0.5, 0.6) is 5.75 Å². The molecule has 0 aliphatic rings. The van der Waals surface area contributed by atoms with Gasteiger partial charge in [0.25, 0.3) is 0 Å². The number of amides is 2. The third-order valence-electron chi connectivity index (χ3n) is 2.28. The Kier molecular flexibility index (Phi) is 5.88. The highest BCUT2D eigenvalue weighted by Crippen LogP contribution is 2.12. The van der Waals surface area contributed by atoms with Crippen molar-refractivity contribution in [1.82, 2.24) is 10.8 Å². The van der Waals surface area contributed by atoms with Crippen LogP contribution in [0.1, 0.15) is 12.0 Å². The molecule has 0 aliphatic carbocycles. The van der Waals surface area contributed by atoms with Gasteiger partial charge in [0.15, 0.2) is 0 Å². The van der Waals surface area contributed by atoms with Gasteiger partial charge >= 0.3 is 6.03 Å². The van der Waals surface area contributed by atoms with Gasteiger partial charge in [0.05, 0.1) is 14.2 Å². The SMILES string of the molecule is CONC(=O)NCCCc1ccc(OC)cc1. The molecule has 0 atom stereocenters. The number of ether oxygens (including phenoxy) is 1. The van der Waals surface area contributed by atoms with Crippen molar-refractivity contribution in [2.75, 3.05) is 20.8 Å². The molecule has 17 heavy (non-hydrogen) atoms. The molecule has 0 fully saturated rings. The molecule has 0 radical (unpaired) electrons. The molecule has 0 bridgehead atoms. The predicted molar refractivity (Wildman–Crippen MR) is 64.9 cm³/mol. The average Bonchev–Trinajstić information content (AvgIpc) is 2.36. The Morgan fingerprint density at radius 1 is 1.24 bits per heavy atom. The maximum absolute atomic E-state index is 11.0. The van der Waals surface area contributed by atoms with Crippen LogP contribution in [0.3, 0.4) is 0 Å². The zero-order valence-electron chi connectivity index (χ0n) is 10.2. The van der Waals surface area contributed by atoms with Crippen molar-refractivity contribution in [3.05, 3.63) is 29.8 Å². The van der Waals surface area contributed by atoms with Gasteiger partial charge in [-0.3, -0.25) is 4.84 Å². The smallest absolute Gasteiger partial charge is 0.338 e. The molecule has 5 heteroatoms. The molecule has 0 saturated heterocycles. The summed E-state index contributed by atoms with van der Waals surface area (Å²) < 4.78 is 5.07. The van der Waals surface area contributed by atoms with Crippen molar-refractivity contribution in [3.8, 4) is 5.75 Å². The fourth-order valence-electron chi connectivity index (χ4n) is 1.42.